The highest BCUT2D eigenvalue weighted by Crippen LogP contribution is 2.25. The van der Waals surface area contributed by atoms with Crippen LogP contribution in [-0.4, -0.2) is 15.0 Å². The molecule has 0 spiro atoms. The van der Waals surface area contributed by atoms with E-state index >= 15 is 0 Å². The molecule has 0 atom stereocenters. The molecule has 0 unspecified atom stereocenters. The number of para-hydroxylation sites is 2. The summed E-state index contributed by atoms with van der Waals surface area (Å²) in [6, 6.07) is 26.0. The van der Waals surface area contributed by atoms with Gasteiger partial charge >= 0.3 is 0 Å². The lowest BCUT2D eigenvalue weighted by molar-refractivity contribution is 0.617. The maximum absolute atomic E-state index is 13.9. The third-order valence-electron chi connectivity index (χ3n) is 3.99. The number of aromatic nitrogens is 3. The number of halogens is 1. The molecule has 0 bridgehead atoms. The molecular weight excluding hydrogens is 385 g/mol. The number of rotatable bonds is 7. The Morgan fingerprint density at radius 1 is 0.655 bits per heavy atom. The molecule has 0 saturated carbocycles. The molecule has 1 heterocycles. The normalized spacial score (nSPS) is 10.5. The Hall–Kier alpha value is -3.45. The standard InChI is InChI=1S/C22H18FN5S/c23-19-14-8-7-9-16(19)15-29-22-27-20(24-17-10-3-1-4-11-17)26-21(28-22)25-18-12-5-2-6-13-18/h1-14H,15H2,(H2,24,25,26,27,28). The monoisotopic (exact) mass is 403 g/mol. The van der Waals surface area contributed by atoms with E-state index in [1.54, 1.807) is 12.1 Å². The fourth-order valence-electron chi connectivity index (χ4n) is 2.59. The van der Waals surface area contributed by atoms with Crippen LogP contribution in [0.3, 0.4) is 0 Å². The Kier molecular flexibility index (Phi) is 5.97. The molecular formula is C22H18FN5S. The first-order chi connectivity index (χ1) is 14.3. The second-order valence-electron chi connectivity index (χ2n) is 6.13. The van der Waals surface area contributed by atoms with Crippen LogP contribution in [0.1, 0.15) is 5.56 Å². The van der Waals surface area contributed by atoms with Gasteiger partial charge in [0.05, 0.1) is 0 Å². The van der Waals surface area contributed by atoms with Gasteiger partial charge in [-0.1, -0.05) is 66.4 Å². The lowest BCUT2D eigenvalue weighted by atomic mass is 10.2. The number of thioether (sulfide) groups is 1. The average molecular weight is 403 g/mol. The van der Waals surface area contributed by atoms with E-state index in [0.717, 1.165) is 11.4 Å². The summed E-state index contributed by atoms with van der Waals surface area (Å²) in [4.78, 5) is 13.4. The molecule has 0 saturated heterocycles. The predicted octanol–water partition coefficient (Wildman–Crippen LogP) is 5.79. The molecule has 29 heavy (non-hydrogen) atoms. The predicted molar refractivity (Wildman–Crippen MR) is 115 cm³/mol. The average Bonchev–Trinajstić information content (AvgIpc) is 2.74. The molecule has 4 aromatic rings. The number of benzene rings is 3. The summed E-state index contributed by atoms with van der Waals surface area (Å²) in [7, 11) is 0. The smallest absolute Gasteiger partial charge is 0.233 e. The first-order valence-corrected chi connectivity index (χ1v) is 10.0. The minimum atomic E-state index is -0.237. The van der Waals surface area contributed by atoms with Crippen molar-refractivity contribution in [2.24, 2.45) is 0 Å². The zero-order valence-electron chi connectivity index (χ0n) is 15.4. The maximum Gasteiger partial charge on any atom is 0.233 e. The van der Waals surface area contributed by atoms with Gasteiger partial charge in [-0.3, -0.25) is 0 Å². The van der Waals surface area contributed by atoms with E-state index in [9.17, 15) is 4.39 Å². The summed E-state index contributed by atoms with van der Waals surface area (Å²) in [6.07, 6.45) is 0. The SMILES string of the molecule is Fc1ccccc1CSc1nc(Nc2ccccc2)nc(Nc2ccccc2)n1. The largest absolute Gasteiger partial charge is 0.324 e. The summed E-state index contributed by atoms with van der Waals surface area (Å²) < 4.78 is 13.9. The van der Waals surface area contributed by atoms with Crippen LogP contribution in [0.15, 0.2) is 90.1 Å². The van der Waals surface area contributed by atoms with Crippen LogP contribution in [0.4, 0.5) is 27.7 Å². The Morgan fingerprint density at radius 3 is 1.72 bits per heavy atom. The van der Waals surface area contributed by atoms with Gasteiger partial charge in [0.25, 0.3) is 0 Å². The van der Waals surface area contributed by atoms with Crippen LogP contribution < -0.4 is 10.6 Å². The summed E-state index contributed by atoms with van der Waals surface area (Å²) in [6.45, 7) is 0. The highest BCUT2D eigenvalue weighted by Gasteiger charge is 2.10. The minimum Gasteiger partial charge on any atom is -0.324 e. The molecule has 0 fully saturated rings. The molecule has 1 aromatic heterocycles. The number of nitrogens with zero attached hydrogens (tertiary/aromatic N) is 3. The fraction of sp³-hybridized carbons (Fsp3) is 0.0455. The Bertz CT molecular complexity index is 1020. The van der Waals surface area contributed by atoms with Crippen molar-refractivity contribution in [2.75, 3.05) is 10.6 Å². The highest BCUT2D eigenvalue weighted by atomic mass is 32.2. The van der Waals surface area contributed by atoms with Crippen molar-refractivity contribution in [1.82, 2.24) is 15.0 Å². The molecule has 3 aromatic carbocycles. The Balaban J connectivity index is 1.59. The van der Waals surface area contributed by atoms with Crippen molar-refractivity contribution in [1.29, 1.82) is 0 Å². The second kappa shape index (κ2) is 9.16. The number of anilines is 4. The van der Waals surface area contributed by atoms with Crippen LogP contribution >= 0.6 is 11.8 Å². The van der Waals surface area contributed by atoms with E-state index in [1.807, 2.05) is 66.7 Å². The Labute approximate surface area is 172 Å². The van der Waals surface area contributed by atoms with Crippen LogP contribution in [0.25, 0.3) is 0 Å². The van der Waals surface area contributed by atoms with Crippen molar-refractivity contribution in [3.63, 3.8) is 0 Å². The fourth-order valence-corrected chi connectivity index (χ4v) is 3.41. The third kappa shape index (κ3) is 5.30. The van der Waals surface area contributed by atoms with Crippen molar-refractivity contribution in [3.8, 4) is 0 Å². The van der Waals surface area contributed by atoms with E-state index in [-0.39, 0.29) is 5.82 Å². The van der Waals surface area contributed by atoms with E-state index in [1.165, 1.54) is 17.8 Å². The van der Waals surface area contributed by atoms with Gasteiger partial charge in [0.2, 0.25) is 11.9 Å². The summed E-state index contributed by atoms with van der Waals surface area (Å²) >= 11 is 1.35. The third-order valence-corrected chi connectivity index (χ3v) is 4.89. The van der Waals surface area contributed by atoms with Crippen molar-refractivity contribution >= 4 is 35.0 Å². The molecule has 0 aliphatic heterocycles. The van der Waals surface area contributed by atoms with E-state index < -0.39 is 0 Å². The van der Waals surface area contributed by atoms with Gasteiger partial charge < -0.3 is 10.6 Å². The van der Waals surface area contributed by atoms with Crippen LogP contribution in [0.5, 0.6) is 0 Å². The molecule has 2 N–H and O–H groups in total. The second-order valence-corrected chi connectivity index (χ2v) is 7.07. The number of nitrogens with one attached hydrogen (secondary N) is 2. The molecule has 0 aliphatic rings. The lowest BCUT2D eigenvalue weighted by Gasteiger charge is -2.10. The van der Waals surface area contributed by atoms with E-state index in [0.29, 0.717) is 28.4 Å². The molecule has 0 amide bonds. The van der Waals surface area contributed by atoms with Crippen molar-refractivity contribution in [3.05, 3.63) is 96.3 Å². The summed E-state index contributed by atoms with van der Waals surface area (Å²) in [5, 5.41) is 6.88. The van der Waals surface area contributed by atoms with Crippen molar-refractivity contribution < 1.29 is 4.39 Å². The molecule has 0 aliphatic carbocycles. The van der Waals surface area contributed by atoms with Gasteiger partial charge in [0, 0.05) is 17.1 Å². The first-order valence-electron chi connectivity index (χ1n) is 9.03. The number of hydrogen-bond donors (Lipinski definition) is 2. The first kappa shape index (κ1) is 18.9. The molecule has 5 nitrogen and oxygen atoms in total. The molecule has 4 rings (SSSR count). The number of hydrogen-bond acceptors (Lipinski definition) is 6. The summed E-state index contributed by atoms with van der Waals surface area (Å²) in [5.74, 6) is 1.02. The van der Waals surface area contributed by atoms with Crippen LogP contribution in [-0.2, 0) is 5.75 Å². The molecule has 0 radical (unpaired) electrons. The van der Waals surface area contributed by atoms with Gasteiger partial charge in [-0.15, -0.1) is 0 Å². The molecule has 7 heteroatoms. The van der Waals surface area contributed by atoms with Gasteiger partial charge in [-0.05, 0) is 35.9 Å². The van der Waals surface area contributed by atoms with Gasteiger partial charge in [0.15, 0.2) is 5.16 Å². The summed E-state index contributed by atoms with van der Waals surface area (Å²) in [5.41, 5.74) is 2.34. The van der Waals surface area contributed by atoms with Gasteiger partial charge in [-0.25, -0.2) is 4.39 Å². The zero-order chi connectivity index (χ0) is 19.9. The van der Waals surface area contributed by atoms with Gasteiger partial charge in [-0.2, -0.15) is 15.0 Å². The van der Waals surface area contributed by atoms with E-state index in [4.69, 9.17) is 0 Å². The Morgan fingerprint density at radius 2 is 1.17 bits per heavy atom. The molecule has 144 valence electrons. The zero-order valence-corrected chi connectivity index (χ0v) is 16.2. The highest BCUT2D eigenvalue weighted by molar-refractivity contribution is 7.98. The van der Waals surface area contributed by atoms with Crippen molar-refractivity contribution in [2.45, 2.75) is 10.9 Å². The minimum absolute atomic E-state index is 0.237. The topological polar surface area (TPSA) is 62.7 Å². The van der Waals surface area contributed by atoms with E-state index in [2.05, 4.69) is 25.6 Å². The lowest BCUT2D eigenvalue weighted by Crippen LogP contribution is -2.05. The van der Waals surface area contributed by atoms with Crippen LogP contribution in [0, 0.1) is 5.82 Å². The van der Waals surface area contributed by atoms with Crippen LogP contribution in [0.2, 0.25) is 0 Å². The van der Waals surface area contributed by atoms with Gasteiger partial charge in [0.1, 0.15) is 5.82 Å². The quantitative estimate of drug-likeness (QED) is 0.381. The maximum atomic E-state index is 13.9.